The SMILES string of the molecule is Cc1onc(C(=O)N2c3cccc(O)c3NC3=C(C(=O)CC(C)(C)C3)C2c2ccc(OCc3ccccc3)cc2F)c1COc1ccccc1. The number of carbonyl (C=O) groups excluding carboxylic acids is 2. The van der Waals surface area contributed by atoms with Gasteiger partial charge in [-0.3, -0.25) is 14.5 Å². The molecule has 2 aliphatic rings. The highest BCUT2D eigenvalue weighted by Gasteiger charge is 2.45. The third kappa shape index (κ3) is 6.32. The van der Waals surface area contributed by atoms with E-state index in [1.165, 1.54) is 17.0 Å². The second kappa shape index (κ2) is 13.2. The van der Waals surface area contributed by atoms with Gasteiger partial charge in [0.05, 0.1) is 17.3 Å². The van der Waals surface area contributed by atoms with Crippen LogP contribution in [0, 0.1) is 18.2 Å². The molecule has 0 saturated heterocycles. The fourth-order valence-electron chi connectivity index (χ4n) is 6.64. The van der Waals surface area contributed by atoms with Gasteiger partial charge in [-0.05, 0) is 60.7 Å². The van der Waals surface area contributed by atoms with Crippen LogP contribution in [0.3, 0.4) is 0 Å². The van der Waals surface area contributed by atoms with Crippen molar-refractivity contribution in [2.24, 2.45) is 5.41 Å². The number of benzene rings is 4. The van der Waals surface area contributed by atoms with E-state index in [0.717, 1.165) is 5.56 Å². The summed E-state index contributed by atoms with van der Waals surface area (Å²) in [5.74, 6) is -0.482. The lowest BCUT2D eigenvalue weighted by Crippen LogP contribution is -2.40. The number of phenols is 1. The van der Waals surface area contributed by atoms with Crippen LogP contribution in [-0.4, -0.2) is 22.0 Å². The highest BCUT2D eigenvalue weighted by Crippen LogP contribution is 2.51. The minimum absolute atomic E-state index is 0.0348. The van der Waals surface area contributed by atoms with E-state index in [4.69, 9.17) is 14.0 Å². The molecule has 1 atom stereocenters. The van der Waals surface area contributed by atoms with Crippen LogP contribution in [0.4, 0.5) is 15.8 Å². The maximum atomic E-state index is 16.5. The summed E-state index contributed by atoms with van der Waals surface area (Å²) in [5.41, 5.74) is 2.07. The van der Waals surface area contributed by atoms with E-state index in [1.54, 1.807) is 43.3 Å². The highest BCUT2D eigenvalue weighted by atomic mass is 19.1. The normalized spacial score (nSPS) is 16.6. The number of hydrogen-bond donors (Lipinski definition) is 2. The number of carbonyl (C=O) groups is 2. The second-order valence-electron chi connectivity index (χ2n) is 13.3. The van der Waals surface area contributed by atoms with E-state index in [-0.39, 0.29) is 65.1 Å². The predicted octanol–water partition coefficient (Wildman–Crippen LogP) is 8.44. The summed E-state index contributed by atoms with van der Waals surface area (Å²) in [6, 6.07) is 26.6. The number of nitrogens with zero attached hydrogens (tertiary/aromatic N) is 2. The molecule has 0 fully saturated rings. The van der Waals surface area contributed by atoms with Crippen molar-refractivity contribution < 1.29 is 33.1 Å². The molecule has 4 aromatic carbocycles. The van der Waals surface area contributed by atoms with Crippen molar-refractivity contribution >= 4 is 23.1 Å². The molecular weight excluding hydrogens is 637 g/mol. The number of ketones is 1. The topological polar surface area (TPSA) is 114 Å². The van der Waals surface area contributed by atoms with E-state index < -0.39 is 23.2 Å². The first-order chi connectivity index (χ1) is 24.1. The smallest absolute Gasteiger partial charge is 0.281 e. The number of anilines is 2. The molecule has 0 spiro atoms. The Morgan fingerprint density at radius 3 is 2.42 bits per heavy atom. The number of allylic oxidation sites excluding steroid dienone is 1. The van der Waals surface area contributed by atoms with Gasteiger partial charge in [0.2, 0.25) is 0 Å². The standard InChI is InChI=1S/C40H36FN3O6/c1-24-29(23-49-26-13-8-5-9-14-26)36(43-50-24)39(47)44-32-15-10-16-33(45)37(32)42-31-20-40(2,3)21-34(46)35(31)38(44)28-18-17-27(19-30(28)41)48-22-25-11-6-4-7-12-25/h4-19,38,42,45H,20-23H2,1-3H3. The average Bonchev–Trinajstić information content (AvgIpc) is 3.39. The monoisotopic (exact) mass is 673 g/mol. The van der Waals surface area contributed by atoms with Gasteiger partial charge in [0.15, 0.2) is 11.5 Å². The van der Waals surface area contributed by atoms with Crippen LogP contribution in [0.1, 0.15) is 65.7 Å². The largest absolute Gasteiger partial charge is 0.506 e. The molecule has 0 bridgehead atoms. The number of fused-ring (bicyclic) bond motifs is 1. The molecule has 1 aliphatic heterocycles. The average molecular weight is 674 g/mol. The van der Waals surface area contributed by atoms with Crippen molar-refractivity contribution in [1.29, 1.82) is 0 Å². The number of halogens is 1. The molecule has 9 nitrogen and oxygen atoms in total. The molecule has 254 valence electrons. The number of nitrogens with one attached hydrogen (secondary N) is 1. The van der Waals surface area contributed by atoms with E-state index in [2.05, 4.69) is 10.5 Å². The molecule has 7 rings (SSSR count). The van der Waals surface area contributed by atoms with Crippen molar-refractivity contribution in [3.8, 4) is 17.2 Å². The number of para-hydroxylation sites is 2. The van der Waals surface area contributed by atoms with Gasteiger partial charge in [0, 0.05) is 29.3 Å². The number of aromatic hydroxyl groups is 1. The Balaban J connectivity index is 1.36. The first-order valence-corrected chi connectivity index (χ1v) is 16.4. The van der Waals surface area contributed by atoms with Gasteiger partial charge < -0.3 is 24.4 Å². The van der Waals surface area contributed by atoms with E-state index in [0.29, 0.717) is 29.2 Å². The molecule has 2 heterocycles. The zero-order chi connectivity index (χ0) is 35.0. The van der Waals surface area contributed by atoms with Crippen LogP contribution < -0.4 is 19.7 Å². The van der Waals surface area contributed by atoms with E-state index in [1.807, 2.05) is 62.4 Å². The van der Waals surface area contributed by atoms with E-state index >= 15 is 4.39 Å². The number of ether oxygens (including phenoxy) is 2. The number of rotatable bonds is 8. The molecule has 10 heteroatoms. The van der Waals surface area contributed by atoms with Gasteiger partial charge in [-0.2, -0.15) is 0 Å². The third-order valence-corrected chi connectivity index (χ3v) is 9.05. The van der Waals surface area contributed by atoms with Crippen LogP contribution in [0.5, 0.6) is 17.2 Å². The number of Topliss-reactive ketones (excluding diaryl/α,β-unsaturated/α-hetero) is 1. The third-order valence-electron chi connectivity index (χ3n) is 9.05. The first-order valence-electron chi connectivity index (χ1n) is 16.4. The lowest BCUT2D eigenvalue weighted by atomic mass is 9.73. The molecule has 2 N–H and O–H groups in total. The highest BCUT2D eigenvalue weighted by molar-refractivity contribution is 6.12. The molecule has 1 unspecified atom stereocenters. The van der Waals surface area contributed by atoms with Gasteiger partial charge in [0.25, 0.3) is 5.91 Å². The molecule has 50 heavy (non-hydrogen) atoms. The van der Waals surface area contributed by atoms with E-state index in [9.17, 15) is 14.7 Å². The lowest BCUT2D eigenvalue weighted by molar-refractivity contribution is -0.118. The van der Waals surface area contributed by atoms with Gasteiger partial charge >= 0.3 is 0 Å². The first kappa shape index (κ1) is 32.6. The maximum absolute atomic E-state index is 16.5. The number of amides is 1. The zero-order valence-corrected chi connectivity index (χ0v) is 27.9. The van der Waals surface area contributed by atoms with Crippen LogP contribution in [-0.2, 0) is 18.0 Å². The zero-order valence-electron chi connectivity index (χ0n) is 27.9. The van der Waals surface area contributed by atoms with Crippen molar-refractivity contribution in [2.45, 2.75) is 52.9 Å². The summed E-state index contributed by atoms with van der Waals surface area (Å²) < 4.78 is 34.0. The van der Waals surface area contributed by atoms with Crippen LogP contribution in [0.15, 0.2) is 113 Å². The molecule has 1 amide bonds. The predicted molar refractivity (Wildman–Crippen MR) is 186 cm³/mol. The Hall–Kier alpha value is -5.90. The van der Waals surface area contributed by atoms with Gasteiger partial charge in [0.1, 0.15) is 47.7 Å². The summed E-state index contributed by atoms with van der Waals surface area (Å²) in [6.45, 7) is 5.82. The second-order valence-corrected chi connectivity index (χ2v) is 13.3. The Morgan fingerprint density at radius 2 is 1.68 bits per heavy atom. The quantitative estimate of drug-likeness (QED) is 0.158. The van der Waals surface area contributed by atoms with Crippen molar-refractivity contribution in [1.82, 2.24) is 5.16 Å². The fraction of sp³-hybridized carbons (Fsp3) is 0.225. The summed E-state index contributed by atoms with van der Waals surface area (Å²) in [5, 5.41) is 18.6. The summed E-state index contributed by atoms with van der Waals surface area (Å²) in [4.78, 5) is 30.5. The molecule has 1 aromatic heterocycles. The maximum Gasteiger partial charge on any atom is 0.281 e. The molecular formula is C40H36FN3O6. The summed E-state index contributed by atoms with van der Waals surface area (Å²) >= 11 is 0. The van der Waals surface area contributed by atoms with Crippen molar-refractivity contribution in [2.75, 3.05) is 10.2 Å². The Bertz CT molecular complexity index is 2110. The number of phenolic OH excluding ortho intramolecular Hbond substituents is 1. The lowest BCUT2D eigenvalue weighted by Gasteiger charge is -2.37. The molecule has 0 radical (unpaired) electrons. The number of aryl methyl sites for hydroxylation is 1. The summed E-state index contributed by atoms with van der Waals surface area (Å²) in [6.07, 6.45) is 0.590. The van der Waals surface area contributed by atoms with Crippen LogP contribution in [0.2, 0.25) is 0 Å². The number of aromatic nitrogens is 1. The summed E-state index contributed by atoms with van der Waals surface area (Å²) in [7, 11) is 0. The molecule has 0 saturated carbocycles. The van der Waals surface area contributed by atoms with Gasteiger partial charge in [-0.15, -0.1) is 0 Å². The van der Waals surface area contributed by atoms with Crippen molar-refractivity contribution in [3.05, 3.63) is 142 Å². The number of hydrogen-bond acceptors (Lipinski definition) is 8. The van der Waals surface area contributed by atoms with Crippen LogP contribution >= 0.6 is 0 Å². The van der Waals surface area contributed by atoms with Gasteiger partial charge in [-0.25, -0.2) is 4.39 Å². The Labute approximate surface area is 288 Å². The minimum atomic E-state index is -1.24. The Kier molecular flexibility index (Phi) is 8.61. The van der Waals surface area contributed by atoms with Crippen molar-refractivity contribution in [3.63, 3.8) is 0 Å². The minimum Gasteiger partial charge on any atom is -0.506 e. The van der Waals surface area contributed by atoms with Crippen LogP contribution in [0.25, 0.3) is 0 Å². The molecule has 5 aromatic rings. The Morgan fingerprint density at radius 1 is 0.960 bits per heavy atom. The van der Waals surface area contributed by atoms with Gasteiger partial charge in [-0.1, -0.05) is 73.6 Å². The molecule has 1 aliphatic carbocycles. The fourth-order valence-corrected chi connectivity index (χ4v) is 6.64.